The monoisotopic (exact) mass is 393 g/mol. The molecule has 0 aliphatic heterocycles. The van der Waals surface area contributed by atoms with Crippen LogP contribution in [0.2, 0.25) is 0 Å². The molecule has 2 aromatic carbocycles. The summed E-state index contributed by atoms with van der Waals surface area (Å²) in [6.07, 6.45) is 0. The van der Waals surface area contributed by atoms with Crippen molar-refractivity contribution >= 4 is 17.5 Å². The molecule has 0 fully saturated rings. The SMILES string of the molecule is CCOc1ccc(-n2c(C)cc(C(=O)CSCc3ccccc3C)c2C)cc1. The maximum Gasteiger partial charge on any atom is 0.174 e. The topological polar surface area (TPSA) is 31.2 Å². The van der Waals surface area contributed by atoms with Crippen LogP contribution in [-0.2, 0) is 5.75 Å². The average molecular weight is 394 g/mol. The van der Waals surface area contributed by atoms with Gasteiger partial charge in [-0.15, -0.1) is 11.8 Å². The minimum Gasteiger partial charge on any atom is -0.494 e. The number of nitrogens with zero attached hydrogens (tertiary/aromatic N) is 1. The van der Waals surface area contributed by atoms with Gasteiger partial charge in [-0.3, -0.25) is 4.79 Å². The van der Waals surface area contributed by atoms with Crippen LogP contribution in [0, 0.1) is 20.8 Å². The maximum atomic E-state index is 12.8. The molecule has 0 spiro atoms. The van der Waals surface area contributed by atoms with E-state index >= 15 is 0 Å². The van der Waals surface area contributed by atoms with Crippen LogP contribution in [0.4, 0.5) is 0 Å². The molecule has 146 valence electrons. The van der Waals surface area contributed by atoms with Crippen LogP contribution in [0.3, 0.4) is 0 Å². The first-order valence-corrected chi connectivity index (χ1v) is 10.7. The van der Waals surface area contributed by atoms with Crippen molar-refractivity contribution < 1.29 is 9.53 Å². The number of hydrogen-bond donors (Lipinski definition) is 0. The number of ether oxygens (including phenoxy) is 1. The zero-order chi connectivity index (χ0) is 20.1. The van der Waals surface area contributed by atoms with Gasteiger partial charge >= 0.3 is 0 Å². The van der Waals surface area contributed by atoms with Crippen LogP contribution in [0.15, 0.2) is 54.6 Å². The standard InChI is InChI=1S/C24H27NO2S/c1-5-27-22-12-10-21(11-13-22)25-18(3)14-23(19(25)4)24(26)16-28-15-20-9-7-6-8-17(20)2/h6-14H,5,15-16H2,1-4H3. The predicted octanol–water partition coefficient (Wildman–Crippen LogP) is 5.92. The largest absolute Gasteiger partial charge is 0.494 e. The highest BCUT2D eigenvalue weighted by Crippen LogP contribution is 2.25. The molecule has 3 nitrogen and oxygen atoms in total. The Kier molecular flexibility index (Phi) is 6.63. The highest BCUT2D eigenvalue weighted by Gasteiger charge is 2.17. The number of aromatic nitrogens is 1. The fourth-order valence-corrected chi connectivity index (χ4v) is 4.39. The molecule has 0 saturated carbocycles. The average Bonchev–Trinajstić information content (AvgIpc) is 2.98. The van der Waals surface area contributed by atoms with Gasteiger partial charge in [-0.25, -0.2) is 0 Å². The Morgan fingerprint density at radius 2 is 1.75 bits per heavy atom. The van der Waals surface area contributed by atoms with Gasteiger partial charge in [0.2, 0.25) is 0 Å². The number of benzene rings is 2. The van der Waals surface area contributed by atoms with Crippen molar-refractivity contribution in [3.8, 4) is 11.4 Å². The first kappa shape index (κ1) is 20.3. The lowest BCUT2D eigenvalue weighted by molar-refractivity contribution is 0.102. The first-order chi connectivity index (χ1) is 13.5. The van der Waals surface area contributed by atoms with E-state index in [1.165, 1.54) is 11.1 Å². The van der Waals surface area contributed by atoms with Gasteiger partial charge in [-0.2, -0.15) is 0 Å². The molecule has 0 atom stereocenters. The molecule has 0 amide bonds. The van der Waals surface area contributed by atoms with Crippen molar-refractivity contribution in [2.75, 3.05) is 12.4 Å². The summed E-state index contributed by atoms with van der Waals surface area (Å²) in [7, 11) is 0. The van der Waals surface area contributed by atoms with E-state index in [-0.39, 0.29) is 5.78 Å². The van der Waals surface area contributed by atoms with Crippen molar-refractivity contribution in [3.05, 3.63) is 82.7 Å². The highest BCUT2D eigenvalue weighted by molar-refractivity contribution is 7.99. The molecule has 0 aliphatic carbocycles. The zero-order valence-electron chi connectivity index (χ0n) is 17.0. The fourth-order valence-electron chi connectivity index (χ4n) is 3.40. The first-order valence-electron chi connectivity index (χ1n) is 9.59. The number of Topliss-reactive ketones (excluding diaryl/α,β-unsaturated/α-hetero) is 1. The van der Waals surface area contributed by atoms with Gasteiger partial charge < -0.3 is 9.30 Å². The van der Waals surface area contributed by atoms with E-state index in [1.54, 1.807) is 11.8 Å². The third kappa shape index (κ3) is 4.50. The van der Waals surface area contributed by atoms with E-state index in [0.717, 1.165) is 34.1 Å². The molecule has 0 radical (unpaired) electrons. The second kappa shape index (κ2) is 9.16. The van der Waals surface area contributed by atoms with Gasteiger partial charge in [-0.1, -0.05) is 24.3 Å². The zero-order valence-corrected chi connectivity index (χ0v) is 17.8. The summed E-state index contributed by atoms with van der Waals surface area (Å²) in [6.45, 7) is 8.80. The minimum absolute atomic E-state index is 0.184. The second-order valence-corrected chi connectivity index (χ2v) is 7.88. The Morgan fingerprint density at radius 3 is 2.43 bits per heavy atom. The van der Waals surface area contributed by atoms with Crippen molar-refractivity contribution in [1.29, 1.82) is 0 Å². The summed E-state index contributed by atoms with van der Waals surface area (Å²) < 4.78 is 7.66. The van der Waals surface area contributed by atoms with Gasteiger partial charge in [-0.05, 0) is 69.2 Å². The summed E-state index contributed by atoms with van der Waals surface area (Å²) in [5.41, 5.74) is 6.47. The molecule has 3 rings (SSSR count). The molecule has 0 saturated heterocycles. The molecular weight excluding hydrogens is 366 g/mol. The summed E-state index contributed by atoms with van der Waals surface area (Å²) in [5.74, 6) is 2.39. The van der Waals surface area contributed by atoms with E-state index in [1.807, 2.05) is 57.2 Å². The number of carbonyl (C=O) groups is 1. The van der Waals surface area contributed by atoms with E-state index < -0.39 is 0 Å². The number of rotatable bonds is 8. The van der Waals surface area contributed by atoms with E-state index in [2.05, 4.69) is 29.7 Å². The molecule has 0 bridgehead atoms. The molecule has 3 aromatic rings. The third-order valence-electron chi connectivity index (χ3n) is 4.89. The summed E-state index contributed by atoms with van der Waals surface area (Å²) >= 11 is 1.68. The molecule has 0 aliphatic rings. The van der Waals surface area contributed by atoms with Gasteiger partial charge in [0.05, 0.1) is 12.4 Å². The fraction of sp³-hybridized carbons (Fsp3) is 0.292. The number of hydrogen-bond acceptors (Lipinski definition) is 3. The Bertz CT molecular complexity index is 957. The molecular formula is C24H27NO2S. The molecule has 0 N–H and O–H groups in total. The van der Waals surface area contributed by atoms with Crippen LogP contribution in [0.25, 0.3) is 5.69 Å². The normalized spacial score (nSPS) is 10.9. The van der Waals surface area contributed by atoms with Crippen LogP contribution in [0.1, 0.15) is 39.8 Å². The van der Waals surface area contributed by atoms with Gasteiger partial charge in [0, 0.05) is 28.4 Å². The minimum atomic E-state index is 0.184. The lowest BCUT2D eigenvalue weighted by Gasteiger charge is -2.11. The Morgan fingerprint density at radius 1 is 1.04 bits per heavy atom. The number of aryl methyl sites for hydroxylation is 2. The maximum absolute atomic E-state index is 12.8. The molecule has 28 heavy (non-hydrogen) atoms. The molecule has 4 heteroatoms. The lowest BCUT2D eigenvalue weighted by Crippen LogP contribution is -2.06. The van der Waals surface area contributed by atoms with E-state index in [9.17, 15) is 4.79 Å². The third-order valence-corrected chi connectivity index (χ3v) is 5.87. The van der Waals surface area contributed by atoms with Crippen LogP contribution in [0.5, 0.6) is 5.75 Å². The van der Waals surface area contributed by atoms with Crippen LogP contribution >= 0.6 is 11.8 Å². The highest BCUT2D eigenvalue weighted by atomic mass is 32.2. The Balaban J connectivity index is 1.71. The molecule has 1 aromatic heterocycles. The number of thioether (sulfide) groups is 1. The van der Waals surface area contributed by atoms with Crippen molar-refractivity contribution in [1.82, 2.24) is 4.57 Å². The summed E-state index contributed by atoms with van der Waals surface area (Å²) in [6, 6.07) is 18.3. The molecule has 1 heterocycles. The van der Waals surface area contributed by atoms with E-state index in [0.29, 0.717) is 12.4 Å². The smallest absolute Gasteiger partial charge is 0.174 e. The van der Waals surface area contributed by atoms with Gasteiger partial charge in [0.25, 0.3) is 0 Å². The van der Waals surface area contributed by atoms with Crippen molar-refractivity contribution in [3.63, 3.8) is 0 Å². The second-order valence-electron chi connectivity index (χ2n) is 6.89. The Labute approximate surface area is 171 Å². The number of ketones is 1. The van der Waals surface area contributed by atoms with Gasteiger partial charge in [0.1, 0.15) is 5.75 Å². The predicted molar refractivity (Wildman–Crippen MR) is 118 cm³/mol. The lowest BCUT2D eigenvalue weighted by atomic mass is 10.1. The summed E-state index contributed by atoms with van der Waals surface area (Å²) in [4.78, 5) is 12.8. The van der Waals surface area contributed by atoms with Crippen LogP contribution in [-0.4, -0.2) is 22.7 Å². The Hall–Kier alpha value is -2.46. The summed E-state index contributed by atoms with van der Waals surface area (Å²) in [5, 5.41) is 0. The van der Waals surface area contributed by atoms with E-state index in [4.69, 9.17) is 4.74 Å². The number of carbonyl (C=O) groups excluding carboxylic acids is 1. The van der Waals surface area contributed by atoms with Crippen molar-refractivity contribution in [2.45, 2.75) is 33.4 Å². The van der Waals surface area contributed by atoms with Gasteiger partial charge in [0.15, 0.2) is 5.78 Å². The van der Waals surface area contributed by atoms with Crippen LogP contribution < -0.4 is 4.74 Å². The van der Waals surface area contributed by atoms with Crippen molar-refractivity contribution in [2.24, 2.45) is 0 Å². The quantitative estimate of drug-likeness (QED) is 0.445. The molecule has 0 unspecified atom stereocenters.